The van der Waals surface area contributed by atoms with Crippen molar-refractivity contribution < 1.29 is 13.9 Å². The molecule has 2 rings (SSSR count). The smallest absolute Gasteiger partial charge is 0.165 e. The van der Waals surface area contributed by atoms with Gasteiger partial charge in [0.05, 0.1) is 6.10 Å². The summed E-state index contributed by atoms with van der Waals surface area (Å²) in [5, 5.41) is 0.598. The number of hydrogen-bond donors (Lipinski definition) is 0. The molecule has 2 nitrogen and oxygen atoms in total. The summed E-state index contributed by atoms with van der Waals surface area (Å²) >= 11 is 3.36. The monoisotopic (exact) mass is 316 g/mol. The lowest BCUT2D eigenvalue weighted by atomic mass is 9.95. The number of methoxy groups -OCH3 is 1. The molecule has 0 bridgehead atoms. The minimum absolute atomic E-state index is 0.0541. The first-order chi connectivity index (χ1) is 8.74. The van der Waals surface area contributed by atoms with Crippen molar-refractivity contribution in [1.82, 2.24) is 0 Å². The molecule has 0 N–H and O–H groups in total. The van der Waals surface area contributed by atoms with Gasteiger partial charge in [0.2, 0.25) is 0 Å². The molecule has 1 fully saturated rings. The third-order valence-corrected chi connectivity index (χ3v) is 3.99. The minimum atomic E-state index is -0.286. The van der Waals surface area contributed by atoms with Crippen molar-refractivity contribution in [3.05, 3.63) is 29.6 Å². The molecule has 18 heavy (non-hydrogen) atoms. The fourth-order valence-electron chi connectivity index (χ4n) is 2.38. The first kappa shape index (κ1) is 13.8. The molecule has 100 valence electrons. The zero-order valence-corrected chi connectivity index (χ0v) is 12.1. The molecule has 2 unspecified atom stereocenters. The van der Waals surface area contributed by atoms with Crippen LogP contribution in [0, 0.1) is 5.82 Å². The van der Waals surface area contributed by atoms with Crippen molar-refractivity contribution in [2.75, 3.05) is 7.11 Å². The van der Waals surface area contributed by atoms with Crippen molar-refractivity contribution in [3.8, 4) is 5.75 Å². The van der Waals surface area contributed by atoms with Crippen LogP contribution in [-0.2, 0) is 10.1 Å². The van der Waals surface area contributed by atoms with Crippen molar-refractivity contribution >= 4 is 15.9 Å². The van der Waals surface area contributed by atoms with Crippen LogP contribution in [-0.4, -0.2) is 19.3 Å². The molecule has 0 radical (unpaired) electrons. The molecule has 0 heterocycles. The Morgan fingerprint density at radius 2 is 2.11 bits per heavy atom. The Balaban J connectivity index is 2.09. The number of para-hydroxylation sites is 1. The Kier molecular flexibility index (Phi) is 5.01. The Hall–Kier alpha value is -0.610. The number of rotatable bonds is 4. The van der Waals surface area contributed by atoms with Gasteiger partial charge >= 0.3 is 0 Å². The molecule has 1 saturated carbocycles. The highest BCUT2D eigenvalue weighted by Gasteiger charge is 2.24. The molecular formula is C14H18BrFO2. The molecule has 0 spiro atoms. The predicted molar refractivity (Wildman–Crippen MR) is 72.7 cm³/mol. The highest BCUT2D eigenvalue weighted by Crippen LogP contribution is 2.30. The second-order valence-electron chi connectivity index (χ2n) is 4.63. The summed E-state index contributed by atoms with van der Waals surface area (Å²) in [5.41, 5.74) is 0.856. The van der Waals surface area contributed by atoms with Crippen molar-refractivity contribution in [3.63, 3.8) is 0 Å². The molecule has 0 aliphatic heterocycles. The lowest BCUT2D eigenvalue weighted by Crippen LogP contribution is -2.30. The summed E-state index contributed by atoms with van der Waals surface area (Å²) in [6.45, 7) is 0. The van der Waals surface area contributed by atoms with Crippen LogP contribution in [0.4, 0.5) is 4.39 Å². The molecule has 1 aromatic carbocycles. The number of ether oxygens (including phenoxy) is 2. The Labute approximate surface area is 116 Å². The van der Waals surface area contributed by atoms with Gasteiger partial charge in [0, 0.05) is 24.4 Å². The zero-order chi connectivity index (χ0) is 13.0. The summed E-state index contributed by atoms with van der Waals surface area (Å²) in [7, 11) is 1.72. The quantitative estimate of drug-likeness (QED) is 0.780. The van der Waals surface area contributed by atoms with Gasteiger partial charge in [-0.1, -0.05) is 28.1 Å². The normalized spacial score (nSPS) is 23.9. The van der Waals surface area contributed by atoms with Gasteiger partial charge < -0.3 is 9.47 Å². The van der Waals surface area contributed by atoms with Gasteiger partial charge in [-0.05, 0) is 25.3 Å². The second kappa shape index (κ2) is 6.53. The SMILES string of the molecule is COC1CCCC(Oc2c(F)cccc2CBr)C1. The maximum Gasteiger partial charge on any atom is 0.165 e. The van der Waals surface area contributed by atoms with Crippen LogP contribution >= 0.6 is 15.9 Å². The summed E-state index contributed by atoms with van der Waals surface area (Å²) in [4.78, 5) is 0. The number of halogens is 2. The predicted octanol–water partition coefficient (Wildman–Crippen LogP) is 4.06. The molecule has 4 heteroatoms. The largest absolute Gasteiger partial charge is 0.487 e. The molecule has 2 atom stereocenters. The summed E-state index contributed by atoms with van der Waals surface area (Å²) in [6.07, 6.45) is 4.24. The Morgan fingerprint density at radius 1 is 1.33 bits per heavy atom. The van der Waals surface area contributed by atoms with E-state index < -0.39 is 0 Å². The van der Waals surface area contributed by atoms with Crippen molar-refractivity contribution in [1.29, 1.82) is 0 Å². The van der Waals surface area contributed by atoms with E-state index in [1.165, 1.54) is 6.07 Å². The Morgan fingerprint density at radius 3 is 2.83 bits per heavy atom. The van der Waals surface area contributed by atoms with E-state index in [4.69, 9.17) is 9.47 Å². The van der Waals surface area contributed by atoms with Gasteiger partial charge in [-0.15, -0.1) is 0 Å². The van der Waals surface area contributed by atoms with Crippen LogP contribution in [0.15, 0.2) is 18.2 Å². The van der Waals surface area contributed by atoms with Crippen LogP contribution in [0.5, 0.6) is 5.75 Å². The summed E-state index contributed by atoms with van der Waals surface area (Å²) < 4.78 is 25.0. The van der Waals surface area contributed by atoms with Crippen LogP contribution in [0.3, 0.4) is 0 Å². The first-order valence-electron chi connectivity index (χ1n) is 6.27. The van der Waals surface area contributed by atoms with Crippen LogP contribution in [0.2, 0.25) is 0 Å². The van der Waals surface area contributed by atoms with Gasteiger partial charge in [0.25, 0.3) is 0 Å². The Bertz CT molecular complexity index is 397. The van der Waals surface area contributed by atoms with Crippen molar-refractivity contribution in [2.45, 2.75) is 43.2 Å². The lowest BCUT2D eigenvalue weighted by molar-refractivity contribution is 0.0195. The topological polar surface area (TPSA) is 18.5 Å². The van der Waals surface area contributed by atoms with E-state index in [0.717, 1.165) is 31.2 Å². The zero-order valence-electron chi connectivity index (χ0n) is 10.5. The van der Waals surface area contributed by atoms with E-state index in [1.54, 1.807) is 13.2 Å². The first-order valence-corrected chi connectivity index (χ1v) is 7.39. The fourth-order valence-corrected chi connectivity index (χ4v) is 2.82. The van der Waals surface area contributed by atoms with Gasteiger partial charge in [0.15, 0.2) is 11.6 Å². The van der Waals surface area contributed by atoms with E-state index >= 15 is 0 Å². The van der Waals surface area contributed by atoms with E-state index in [9.17, 15) is 4.39 Å². The van der Waals surface area contributed by atoms with Gasteiger partial charge in [-0.3, -0.25) is 0 Å². The van der Waals surface area contributed by atoms with Crippen molar-refractivity contribution in [2.24, 2.45) is 0 Å². The maximum atomic E-state index is 13.8. The maximum absolute atomic E-state index is 13.8. The van der Waals surface area contributed by atoms with E-state index in [-0.39, 0.29) is 18.0 Å². The lowest BCUT2D eigenvalue weighted by Gasteiger charge is -2.29. The standard InChI is InChI=1S/C14H18BrFO2/c1-17-11-5-3-6-12(8-11)18-14-10(9-15)4-2-7-13(14)16/h2,4,7,11-12H,3,5-6,8-9H2,1H3. The molecule has 1 aliphatic carbocycles. The molecule has 0 saturated heterocycles. The van der Waals surface area contributed by atoms with E-state index in [2.05, 4.69) is 15.9 Å². The van der Waals surface area contributed by atoms with E-state index in [1.807, 2.05) is 6.07 Å². The number of hydrogen-bond acceptors (Lipinski definition) is 2. The fraction of sp³-hybridized carbons (Fsp3) is 0.571. The van der Waals surface area contributed by atoms with Crippen LogP contribution in [0.1, 0.15) is 31.2 Å². The summed E-state index contributed by atoms with van der Waals surface area (Å²) in [5.74, 6) is 0.0996. The third-order valence-electron chi connectivity index (χ3n) is 3.39. The van der Waals surface area contributed by atoms with Crippen LogP contribution in [0.25, 0.3) is 0 Å². The van der Waals surface area contributed by atoms with Gasteiger partial charge in [-0.2, -0.15) is 0 Å². The second-order valence-corrected chi connectivity index (χ2v) is 5.19. The van der Waals surface area contributed by atoms with Gasteiger partial charge in [0.1, 0.15) is 6.10 Å². The molecule has 1 aromatic rings. The van der Waals surface area contributed by atoms with E-state index in [0.29, 0.717) is 11.1 Å². The third kappa shape index (κ3) is 3.23. The molecule has 0 amide bonds. The minimum Gasteiger partial charge on any atom is -0.487 e. The highest BCUT2D eigenvalue weighted by molar-refractivity contribution is 9.08. The molecule has 0 aromatic heterocycles. The number of alkyl halides is 1. The average molecular weight is 317 g/mol. The van der Waals surface area contributed by atoms with Crippen LogP contribution < -0.4 is 4.74 Å². The highest BCUT2D eigenvalue weighted by atomic mass is 79.9. The van der Waals surface area contributed by atoms with Gasteiger partial charge in [-0.25, -0.2) is 4.39 Å². The molecular weight excluding hydrogens is 299 g/mol. The number of benzene rings is 1. The average Bonchev–Trinajstić information content (AvgIpc) is 2.41. The summed E-state index contributed by atoms with van der Waals surface area (Å²) in [6, 6.07) is 5.03. The molecule has 1 aliphatic rings.